The van der Waals surface area contributed by atoms with E-state index in [-0.39, 0.29) is 30.5 Å². The second-order valence-corrected chi connectivity index (χ2v) is 9.89. The number of hydrogen-bond donors (Lipinski definition) is 2. The highest BCUT2D eigenvalue weighted by molar-refractivity contribution is 5.84. The Morgan fingerprint density at radius 1 is 1.34 bits per heavy atom. The lowest BCUT2D eigenvalue weighted by atomic mass is 9.78. The molecule has 32 heavy (non-hydrogen) atoms. The molecule has 6 nitrogen and oxygen atoms in total. The molecule has 1 aromatic rings. The Morgan fingerprint density at radius 2 is 2.19 bits per heavy atom. The molecule has 0 aromatic carbocycles. The molecule has 1 saturated heterocycles. The van der Waals surface area contributed by atoms with Gasteiger partial charge in [0, 0.05) is 50.1 Å². The van der Waals surface area contributed by atoms with Gasteiger partial charge in [-0.15, -0.1) is 0 Å². The average molecular weight is 454 g/mol. The van der Waals surface area contributed by atoms with Crippen LogP contribution in [0.2, 0.25) is 0 Å². The molecule has 0 radical (unpaired) electrons. The zero-order valence-electron chi connectivity index (χ0n) is 18.0. The van der Waals surface area contributed by atoms with E-state index in [4.69, 9.17) is 4.74 Å². The Bertz CT molecular complexity index is 880. The summed E-state index contributed by atoms with van der Waals surface area (Å²) < 4.78 is 44.8. The van der Waals surface area contributed by atoms with Gasteiger partial charge in [0.25, 0.3) is 0 Å². The van der Waals surface area contributed by atoms with Crippen molar-refractivity contribution in [3.8, 4) is 0 Å². The molecule has 5 rings (SSSR count). The van der Waals surface area contributed by atoms with Crippen molar-refractivity contribution in [2.75, 3.05) is 19.8 Å². The summed E-state index contributed by atoms with van der Waals surface area (Å²) >= 11 is 0. The third kappa shape index (κ3) is 3.92. The van der Waals surface area contributed by atoms with Gasteiger partial charge in [-0.3, -0.25) is 9.78 Å². The van der Waals surface area contributed by atoms with Crippen molar-refractivity contribution >= 4 is 5.91 Å². The lowest BCUT2D eigenvalue weighted by molar-refractivity contribution is -0.144. The molecule has 2 aliphatic carbocycles. The van der Waals surface area contributed by atoms with E-state index in [2.05, 4.69) is 10.3 Å². The molecule has 9 heteroatoms. The van der Waals surface area contributed by atoms with Gasteiger partial charge in [0.2, 0.25) is 5.91 Å². The number of aliphatic hydroxyl groups is 1. The van der Waals surface area contributed by atoms with Crippen LogP contribution in [0.15, 0.2) is 12.3 Å². The van der Waals surface area contributed by atoms with Crippen LogP contribution in [0.1, 0.15) is 55.3 Å². The highest BCUT2D eigenvalue weighted by Gasteiger charge is 2.56. The number of amides is 1. The maximum Gasteiger partial charge on any atom is 0.417 e. The van der Waals surface area contributed by atoms with Crippen LogP contribution in [0.25, 0.3) is 0 Å². The fourth-order valence-electron chi connectivity index (χ4n) is 6.41. The predicted octanol–water partition coefficient (Wildman–Crippen LogP) is 2.67. The Labute approximate surface area is 185 Å². The van der Waals surface area contributed by atoms with Crippen molar-refractivity contribution in [2.24, 2.45) is 11.3 Å². The van der Waals surface area contributed by atoms with Gasteiger partial charge in [-0.05, 0) is 49.7 Å². The SMILES string of the molecule is O=C(N1CCc2ncc(C(F)(F)F)cc2C1)[C@@]12CCC[C@@H]1C[C@@H](N[C@H]1CCOC[C@@H]1O)C2. The van der Waals surface area contributed by atoms with Crippen LogP contribution in [0.5, 0.6) is 0 Å². The van der Waals surface area contributed by atoms with Crippen molar-refractivity contribution in [3.05, 3.63) is 29.1 Å². The number of pyridine rings is 1. The van der Waals surface area contributed by atoms with E-state index in [1.54, 1.807) is 4.90 Å². The number of alkyl halides is 3. The molecule has 2 saturated carbocycles. The van der Waals surface area contributed by atoms with Gasteiger partial charge >= 0.3 is 6.18 Å². The minimum Gasteiger partial charge on any atom is -0.389 e. The molecule has 4 aliphatic rings. The van der Waals surface area contributed by atoms with E-state index in [1.165, 1.54) is 0 Å². The Kier molecular flexibility index (Phi) is 5.70. The fraction of sp³-hybridized carbons (Fsp3) is 0.739. The molecule has 0 bridgehead atoms. The number of carbonyl (C=O) groups is 1. The maximum atomic E-state index is 13.8. The molecule has 176 valence electrons. The van der Waals surface area contributed by atoms with Crippen LogP contribution in [0, 0.1) is 11.3 Å². The number of aliphatic hydroxyl groups excluding tert-OH is 1. The molecule has 3 heterocycles. The van der Waals surface area contributed by atoms with E-state index in [9.17, 15) is 23.1 Å². The summed E-state index contributed by atoms with van der Waals surface area (Å²) in [5, 5.41) is 13.8. The maximum absolute atomic E-state index is 13.8. The second-order valence-electron chi connectivity index (χ2n) is 9.89. The number of halogens is 3. The molecular formula is C23H30F3N3O3. The summed E-state index contributed by atoms with van der Waals surface area (Å²) in [7, 11) is 0. The highest BCUT2D eigenvalue weighted by atomic mass is 19.4. The molecule has 1 aromatic heterocycles. The first-order chi connectivity index (χ1) is 15.3. The fourth-order valence-corrected chi connectivity index (χ4v) is 6.41. The van der Waals surface area contributed by atoms with Crippen LogP contribution in [-0.2, 0) is 28.7 Å². The van der Waals surface area contributed by atoms with Gasteiger partial charge in [-0.2, -0.15) is 13.2 Å². The van der Waals surface area contributed by atoms with Crippen molar-refractivity contribution in [1.82, 2.24) is 15.2 Å². The number of aromatic nitrogens is 1. The minimum atomic E-state index is -4.44. The lowest BCUT2D eigenvalue weighted by Gasteiger charge is -2.37. The summed E-state index contributed by atoms with van der Waals surface area (Å²) in [5.41, 5.74) is -0.0478. The second kappa shape index (κ2) is 8.25. The Hall–Kier alpha value is -1.71. The average Bonchev–Trinajstić information content (AvgIpc) is 3.31. The number of nitrogens with zero attached hydrogens (tertiary/aromatic N) is 2. The smallest absolute Gasteiger partial charge is 0.389 e. The van der Waals surface area contributed by atoms with Crippen LogP contribution >= 0.6 is 0 Å². The summed E-state index contributed by atoms with van der Waals surface area (Å²) in [5.74, 6) is 0.366. The number of fused-ring (bicyclic) bond motifs is 2. The first-order valence-corrected chi connectivity index (χ1v) is 11.6. The summed E-state index contributed by atoms with van der Waals surface area (Å²) in [6, 6.07) is 1.29. The highest BCUT2D eigenvalue weighted by Crippen LogP contribution is 2.55. The molecule has 1 amide bonds. The number of hydrogen-bond acceptors (Lipinski definition) is 5. The quantitative estimate of drug-likeness (QED) is 0.736. The minimum absolute atomic E-state index is 0.0199. The van der Waals surface area contributed by atoms with Crippen LogP contribution in [0.3, 0.4) is 0 Å². The molecule has 0 spiro atoms. The van der Waals surface area contributed by atoms with E-state index >= 15 is 0 Å². The zero-order valence-corrected chi connectivity index (χ0v) is 18.0. The summed E-state index contributed by atoms with van der Waals surface area (Å²) in [6.07, 6.45) is 1.61. The van der Waals surface area contributed by atoms with Gasteiger partial charge in [0.1, 0.15) is 0 Å². The van der Waals surface area contributed by atoms with Gasteiger partial charge in [0.05, 0.1) is 23.7 Å². The molecule has 2 N–H and O–H groups in total. The van der Waals surface area contributed by atoms with E-state index < -0.39 is 23.3 Å². The molecular weight excluding hydrogens is 423 g/mol. The summed E-state index contributed by atoms with van der Waals surface area (Å²) in [6.45, 7) is 1.64. The summed E-state index contributed by atoms with van der Waals surface area (Å²) in [4.78, 5) is 19.6. The standard InChI is InChI=1S/C23H30F3N3O3/c24-23(25,26)16-8-14-12-29(6-3-18(14)27-11-16)21(31)22-5-1-2-15(22)9-17(10-22)28-19-4-7-32-13-20(19)30/h8,11,15,17,19-20,28,30H,1-7,9-10,12-13H2/t15-,17-,19+,20+,22-/m1/s1. The lowest BCUT2D eigenvalue weighted by Crippen LogP contribution is -2.50. The Morgan fingerprint density at radius 3 is 2.97 bits per heavy atom. The normalized spacial score (nSPS) is 34.9. The van der Waals surface area contributed by atoms with E-state index in [1.807, 2.05) is 0 Å². The largest absolute Gasteiger partial charge is 0.417 e. The van der Waals surface area contributed by atoms with Crippen molar-refractivity contribution in [1.29, 1.82) is 0 Å². The van der Waals surface area contributed by atoms with Gasteiger partial charge in [-0.1, -0.05) is 6.42 Å². The zero-order chi connectivity index (χ0) is 22.5. The first-order valence-electron chi connectivity index (χ1n) is 11.6. The molecule has 3 fully saturated rings. The van der Waals surface area contributed by atoms with Crippen molar-refractivity contribution in [3.63, 3.8) is 0 Å². The molecule has 0 unspecified atom stereocenters. The number of ether oxygens (including phenoxy) is 1. The van der Waals surface area contributed by atoms with E-state index in [0.29, 0.717) is 37.4 Å². The van der Waals surface area contributed by atoms with Gasteiger partial charge in [0.15, 0.2) is 0 Å². The van der Waals surface area contributed by atoms with Crippen molar-refractivity contribution in [2.45, 2.75) is 75.9 Å². The third-order valence-electron chi connectivity index (χ3n) is 7.99. The van der Waals surface area contributed by atoms with Crippen LogP contribution in [0.4, 0.5) is 13.2 Å². The van der Waals surface area contributed by atoms with Crippen molar-refractivity contribution < 1.29 is 27.8 Å². The third-order valence-corrected chi connectivity index (χ3v) is 7.99. The van der Waals surface area contributed by atoms with Gasteiger partial charge in [-0.25, -0.2) is 0 Å². The van der Waals surface area contributed by atoms with Crippen LogP contribution < -0.4 is 5.32 Å². The Balaban J connectivity index is 1.31. The molecule has 2 aliphatic heterocycles. The number of carbonyl (C=O) groups excluding carboxylic acids is 1. The monoisotopic (exact) mass is 453 g/mol. The van der Waals surface area contributed by atoms with E-state index in [0.717, 1.165) is 50.8 Å². The van der Waals surface area contributed by atoms with Crippen LogP contribution in [-0.4, -0.2) is 58.8 Å². The molecule has 5 atom stereocenters. The van der Waals surface area contributed by atoms with Gasteiger partial charge < -0.3 is 20.1 Å². The number of nitrogens with one attached hydrogen (secondary N) is 1. The first kappa shape index (κ1) is 22.1. The predicted molar refractivity (Wildman–Crippen MR) is 110 cm³/mol. The topological polar surface area (TPSA) is 74.7 Å². The number of rotatable bonds is 3.